The van der Waals surface area contributed by atoms with E-state index in [-0.39, 0.29) is 11.7 Å². The first-order valence-corrected chi connectivity index (χ1v) is 8.08. The van der Waals surface area contributed by atoms with Gasteiger partial charge < -0.3 is 14.5 Å². The number of nitrogens with zero attached hydrogens (tertiary/aromatic N) is 1. The van der Waals surface area contributed by atoms with Gasteiger partial charge in [0.1, 0.15) is 11.5 Å². The van der Waals surface area contributed by atoms with E-state index in [4.69, 9.17) is 9.15 Å². The van der Waals surface area contributed by atoms with Gasteiger partial charge in [-0.2, -0.15) is 0 Å². The summed E-state index contributed by atoms with van der Waals surface area (Å²) in [4.78, 5) is 2.43. The minimum atomic E-state index is -0.0786. The normalized spacial score (nSPS) is 22.6. The third-order valence-corrected chi connectivity index (χ3v) is 3.83. The Morgan fingerprint density at radius 3 is 2.86 bits per heavy atom. The summed E-state index contributed by atoms with van der Waals surface area (Å²) in [6.07, 6.45) is 1.43. The largest absolute Gasteiger partial charge is 0.465 e. The Morgan fingerprint density at radius 1 is 1.43 bits per heavy atom. The van der Waals surface area contributed by atoms with Crippen molar-refractivity contribution < 1.29 is 9.15 Å². The minimum absolute atomic E-state index is 0.0786. The molecule has 2 rings (SSSR count). The molecule has 4 nitrogen and oxygen atoms in total. The van der Waals surface area contributed by atoms with Gasteiger partial charge in [-0.15, -0.1) is 0 Å². The number of morpholine rings is 1. The van der Waals surface area contributed by atoms with Crippen molar-refractivity contribution in [1.82, 2.24) is 10.2 Å². The zero-order valence-electron chi connectivity index (χ0n) is 14.2. The van der Waals surface area contributed by atoms with Gasteiger partial charge in [-0.05, 0) is 46.7 Å². The van der Waals surface area contributed by atoms with E-state index in [0.29, 0.717) is 0 Å². The van der Waals surface area contributed by atoms with Crippen LogP contribution in [0, 0.1) is 6.92 Å². The lowest BCUT2D eigenvalue weighted by atomic mass is 10.1. The quantitative estimate of drug-likeness (QED) is 0.818. The van der Waals surface area contributed by atoms with Crippen molar-refractivity contribution in [2.45, 2.75) is 65.8 Å². The fourth-order valence-electron chi connectivity index (χ4n) is 3.17. The summed E-state index contributed by atoms with van der Waals surface area (Å²) < 4.78 is 11.9. The predicted octanol–water partition coefficient (Wildman–Crippen LogP) is 3.09. The van der Waals surface area contributed by atoms with Gasteiger partial charge in [0.15, 0.2) is 0 Å². The molecule has 1 aromatic rings. The molecule has 0 saturated carbocycles. The molecule has 1 atom stereocenters. The van der Waals surface area contributed by atoms with Crippen molar-refractivity contribution in [2.24, 2.45) is 0 Å². The molecular weight excluding hydrogens is 264 g/mol. The molecule has 0 amide bonds. The maximum atomic E-state index is 5.95. The van der Waals surface area contributed by atoms with Gasteiger partial charge in [-0.25, -0.2) is 0 Å². The number of hydrogen-bond acceptors (Lipinski definition) is 4. The number of rotatable bonds is 6. The zero-order valence-corrected chi connectivity index (χ0v) is 14.2. The van der Waals surface area contributed by atoms with Crippen LogP contribution >= 0.6 is 0 Å². The molecule has 1 aliphatic rings. The molecule has 1 unspecified atom stereocenters. The topological polar surface area (TPSA) is 37.6 Å². The van der Waals surface area contributed by atoms with Gasteiger partial charge in [0.25, 0.3) is 0 Å². The summed E-state index contributed by atoms with van der Waals surface area (Å²) >= 11 is 0. The fourth-order valence-corrected chi connectivity index (χ4v) is 3.17. The van der Waals surface area contributed by atoms with Gasteiger partial charge in [0.2, 0.25) is 0 Å². The average Bonchev–Trinajstić information content (AvgIpc) is 2.67. The van der Waals surface area contributed by atoms with Crippen LogP contribution in [0.2, 0.25) is 0 Å². The highest BCUT2D eigenvalue weighted by atomic mass is 16.5. The van der Waals surface area contributed by atoms with Crippen LogP contribution in [0.4, 0.5) is 0 Å². The molecule has 120 valence electrons. The Kier molecular flexibility index (Phi) is 5.47. The number of furan rings is 1. The molecule has 1 N–H and O–H groups in total. The van der Waals surface area contributed by atoms with Gasteiger partial charge in [-0.1, -0.05) is 6.92 Å². The predicted molar refractivity (Wildman–Crippen MR) is 85.3 cm³/mol. The van der Waals surface area contributed by atoms with E-state index in [9.17, 15) is 0 Å². The first-order valence-electron chi connectivity index (χ1n) is 8.08. The van der Waals surface area contributed by atoms with E-state index < -0.39 is 0 Å². The van der Waals surface area contributed by atoms with Gasteiger partial charge in [-0.3, -0.25) is 4.90 Å². The van der Waals surface area contributed by atoms with Crippen molar-refractivity contribution in [3.63, 3.8) is 0 Å². The van der Waals surface area contributed by atoms with Crippen molar-refractivity contribution in [3.05, 3.63) is 23.2 Å². The zero-order chi connectivity index (χ0) is 15.5. The van der Waals surface area contributed by atoms with Crippen LogP contribution in [0.3, 0.4) is 0 Å². The Morgan fingerprint density at radius 2 is 2.19 bits per heavy atom. The Balaban J connectivity index is 1.95. The Labute approximate surface area is 128 Å². The van der Waals surface area contributed by atoms with E-state index in [1.807, 2.05) is 0 Å². The lowest BCUT2D eigenvalue weighted by Gasteiger charge is -2.41. The summed E-state index contributed by atoms with van der Waals surface area (Å²) in [7, 11) is 0. The number of nitrogens with one attached hydrogen (secondary N) is 1. The number of ether oxygens (including phenoxy) is 1. The second-order valence-electron chi connectivity index (χ2n) is 6.83. The summed E-state index contributed by atoms with van der Waals surface area (Å²) in [5.74, 6) is 2.10. The Bertz CT molecular complexity index is 454. The summed E-state index contributed by atoms with van der Waals surface area (Å²) in [6, 6.07) is 2.20. The highest BCUT2D eigenvalue weighted by Gasteiger charge is 2.31. The molecule has 0 aromatic carbocycles. The molecule has 4 heteroatoms. The van der Waals surface area contributed by atoms with E-state index in [1.54, 1.807) is 0 Å². The SMILES string of the molecule is CCCNCc1cc(CN2CC(C)OC(C)(C)C2)oc1C. The molecule has 2 heterocycles. The monoisotopic (exact) mass is 294 g/mol. The fraction of sp³-hybridized carbons (Fsp3) is 0.765. The summed E-state index contributed by atoms with van der Waals surface area (Å²) in [5, 5.41) is 3.44. The molecule has 1 saturated heterocycles. The van der Waals surface area contributed by atoms with Gasteiger partial charge in [0.05, 0.1) is 18.2 Å². The maximum absolute atomic E-state index is 5.95. The first-order chi connectivity index (χ1) is 9.89. The standard InChI is InChI=1S/C17H30N2O2/c1-6-7-18-9-15-8-16(20-14(15)3)11-19-10-13(2)21-17(4,5)12-19/h8,13,18H,6-7,9-12H2,1-5H3. The highest BCUT2D eigenvalue weighted by molar-refractivity contribution is 5.20. The van der Waals surface area contributed by atoms with Crippen LogP contribution in [0.15, 0.2) is 10.5 Å². The van der Waals surface area contributed by atoms with Crippen LogP contribution in [0.25, 0.3) is 0 Å². The second kappa shape index (κ2) is 6.95. The third kappa shape index (κ3) is 4.83. The summed E-state index contributed by atoms with van der Waals surface area (Å²) in [5.41, 5.74) is 1.20. The summed E-state index contributed by atoms with van der Waals surface area (Å²) in [6.45, 7) is 15.4. The molecule has 1 aliphatic heterocycles. The minimum Gasteiger partial charge on any atom is -0.465 e. The van der Waals surface area contributed by atoms with E-state index >= 15 is 0 Å². The van der Waals surface area contributed by atoms with Crippen LogP contribution in [-0.4, -0.2) is 36.2 Å². The molecular formula is C17H30N2O2. The van der Waals surface area contributed by atoms with Crippen molar-refractivity contribution in [3.8, 4) is 0 Å². The van der Waals surface area contributed by atoms with Crippen molar-refractivity contribution >= 4 is 0 Å². The number of aryl methyl sites for hydroxylation is 1. The van der Waals surface area contributed by atoms with Crippen LogP contribution < -0.4 is 5.32 Å². The smallest absolute Gasteiger partial charge is 0.118 e. The Hall–Kier alpha value is -0.840. The molecule has 0 aliphatic carbocycles. The van der Waals surface area contributed by atoms with Crippen molar-refractivity contribution in [2.75, 3.05) is 19.6 Å². The van der Waals surface area contributed by atoms with Crippen molar-refractivity contribution in [1.29, 1.82) is 0 Å². The average molecular weight is 294 g/mol. The molecule has 0 radical (unpaired) electrons. The first kappa shape index (κ1) is 16.5. The van der Waals surface area contributed by atoms with Crippen LogP contribution in [0.5, 0.6) is 0 Å². The van der Waals surface area contributed by atoms with E-state index in [2.05, 4.69) is 50.9 Å². The highest BCUT2D eigenvalue weighted by Crippen LogP contribution is 2.23. The van der Waals surface area contributed by atoms with E-state index in [0.717, 1.165) is 50.7 Å². The molecule has 0 spiro atoms. The third-order valence-electron chi connectivity index (χ3n) is 3.83. The molecule has 1 aromatic heterocycles. The van der Waals surface area contributed by atoms with Crippen LogP contribution in [0.1, 0.15) is 51.2 Å². The van der Waals surface area contributed by atoms with Gasteiger partial charge >= 0.3 is 0 Å². The molecule has 1 fully saturated rings. The number of hydrogen-bond donors (Lipinski definition) is 1. The second-order valence-corrected chi connectivity index (χ2v) is 6.83. The maximum Gasteiger partial charge on any atom is 0.118 e. The lowest BCUT2D eigenvalue weighted by molar-refractivity contribution is -0.131. The molecule has 0 bridgehead atoms. The van der Waals surface area contributed by atoms with Gasteiger partial charge in [0, 0.05) is 25.2 Å². The lowest BCUT2D eigenvalue weighted by Crippen LogP contribution is -2.51. The van der Waals surface area contributed by atoms with E-state index in [1.165, 1.54) is 5.56 Å². The van der Waals surface area contributed by atoms with Crippen LogP contribution in [-0.2, 0) is 17.8 Å². The molecule has 21 heavy (non-hydrogen) atoms.